The molecule has 1 aliphatic rings. The molecular weight excluding hydrogens is 400 g/mol. The molecule has 0 bridgehead atoms. The van der Waals surface area contributed by atoms with Gasteiger partial charge < -0.3 is 18.7 Å². The summed E-state index contributed by atoms with van der Waals surface area (Å²) in [5.74, 6) is 1.01. The highest BCUT2D eigenvalue weighted by Crippen LogP contribution is 2.32. The van der Waals surface area contributed by atoms with E-state index in [0.717, 1.165) is 5.56 Å². The van der Waals surface area contributed by atoms with Crippen LogP contribution in [0.2, 0.25) is 0 Å². The molecule has 0 spiro atoms. The van der Waals surface area contributed by atoms with Gasteiger partial charge in [-0.25, -0.2) is 12.7 Å². The molecule has 0 unspecified atom stereocenters. The third-order valence-electron chi connectivity index (χ3n) is 4.85. The minimum absolute atomic E-state index is 0.0120. The normalized spacial score (nSPS) is 15.8. The number of piperidine rings is 1. The molecule has 9 nitrogen and oxygen atoms in total. The summed E-state index contributed by atoms with van der Waals surface area (Å²) in [6.45, 7) is 0.639. The highest BCUT2D eigenvalue weighted by molar-refractivity contribution is 7.88. The lowest BCUT2D eigenvalue weighted by atomic mass is 9.98. The molecule has 0 radical (unpaired) electrons. The topological polar surface area (TPSA) is 108 Å². The molecule has 2 heterocycles. The van der Waals surface area contributed by atoms with E-state index < -0.39 is 10.0 Å². The lowest BCUT2D eigenvalue weighted by Gasteiger charge is -2.28. The summed E-state index contributed by atoms with van der Waals surface area (Å²) in [6.07, 6.45) is 2.06. The fraction of sp³-hybridized carbons (Fsp3) is 0.474. The third kappa shape index (κ3) is 5.07. The molecule has 1 fully saturated rings. The van der Waals surface area contributed by atoms with Crippen molar-refractivity contribution in [2.45, 2.75) is 19.4 Å². The molecular formula is C19H24N2O7S. The van der Waals surface area contributed by atoms with Crippen molar-refractivity contribution in [2.75, 3.05) is 33.6 Å². The average Bonchev–Trinajstić information content (AvgIpc) is 3.20. The van der Waals surface area contributed by atoms with Crippen molar-refractivity contribution in [3.05, 3.63) is 30.0 Å². The number of sulfonamides is 1. The minimum Gasteiger partial charge on any atom is -0.493 e. The zero-order chi connectivity index (χ0) is 21.0. The molecule has 0 N–H and O–H groups in total. The molecule has 0 saturated carbocycles. The fourth-order valence-corrected chi connectivity index (χ4v) is 4.07. The molecule has 0 aliphatic carbocycles. The van der Waals surface area contributed by atoms with Crippen LogP contribution in [0.1, 0.15) is 18.5 Å². The number of hydrogen-bond donors (Lipinski definition) is 0. The Hall–Kier alpha value is -2.59. The van der Waals surface area contributed by atoms with Crippen LogP contribution in [-0.4, -0.2) is 57.4 Å². The highest BCUT2D eigenvalue weighted by Gasteiger charge is 2.30. The van der Waals surface area contributed by atoms with E-state index in [2.05, 4.69) is 5.16 Å². The van der Waals surface area contributed by atoms with Crippen LogP contribution in [0.25, 0.3) is 11.3 Å². The van der Waals surface area contributed by atoms with Gasteiger partial charge in [0.1, 0.15) is 12.3 Å². The van der Waals surface area contributed by atoms with Crippen molar-refractivity contribution in [1.29, 1.82) is 0 Å². The third-order valence-corrected chi connectivity index (χ3v) is 6.15. The SMILES string of the molecule is COc1ccc(-c2cc(COC(=O)C3CCN(S(C)(=O)=O)CC3)no2)cc1OC. The molecule has 2 aromatic rings. The molecule has 1 aromatic carbocycles. The Morgan fingerprint density at radius 2 is 1.86 bits per heavy atom. The first kappa shape index (κ1) is 21.1. The summed E-state index contributed by atoms with van der Waals surface area (Å²) < 4.78 is 45.7. The van der Waals surface area contributed by atoms with E-state index in [1.165, 1.54) is 10.6 Å². The van der Waals surface area contributed by atoms with Gasteiger partial charge in [0.05, 0.1) is 26.4 Å². The van der Waals surface area contributed by atoms with Gasteiger partial charge >= 0.3 is 5.97 Å². The van der Waals surface area contributed by atoms with Crippen LogP contribution in [0.15, 0.2) is 28.8 Å². The van der Waals surface area contributed by atoms with Crippen LogP contribution < -0.4 is 9.47 Å². The zero-order valence-electron chi connectivity index (χ0n) is 16.6. The standard InChI is InChI=1S/C19H24N2O7S/c1-25-16-5-4-14(10-18(16)26-2)17-11-15(20-28-17)12-27-19(22)13-6-8-21(9-7-13)29(3,23)24/h4-5,10-11,13H,6-9,12H2,1-3H3. The second-order valence-corrected chi connectivity index (χ2v) is 8.78. The molecule has 1 saturated heterocycles. The number of carbonyl (C=O) groups excluding carboxylic acids is 1. The molecule has 29 heavy (non-hydrogen) atoms. The van der Waals surface area contributed by atoms with Gasteiger partial charge in [0.25, 0.3) is 0 Å². The van der Waals surface area contributed by atoms with Crippen LogP contribution in [0, 0.1) is 5.92 Å². The zero-order valence-corrected chi connectivity index (χ0v) is 17.4. The van der Waals surface area contributed by atoms with Gasteiger partial charge in [-0.15, -0.1) is 0 Å². The number of carbonyl (C=O) groups is 1. The summed E-state index contributed by atoms with van der Waals surface area (Å²) in [4.78, 5) is 12.3. The molecule has 10 heteroatoms. The van der Waals surface area contributed by atoms with Gasteiger partial charge in [0.2, 0.25) is 10.0 Å². The van der Waals surface area contributed by atoms with Gasteiger partial charge in [-0.1, -0.05) is 5.16 Å². The number of benzene rings is 1. The first-order valence-electron chi connectivity index (χ1n) is 9.11. The lowest BCUT2D eigenvalue weighted by molar-refractivity contribution is -0.151. The second-order valence-electron chi connectivity index (χ2n) is 6.80. The highest BCUT2D eigenvalue weighted by atomic mass is 32.2. The maximum Gasteiger partial charge on any atom is 0.309 e. The van der Waals surface area contributed by atoms with Gasteiger partial charge in [-0.05, 0) is 31.0 Å². The van der Waals surface area contributed by atoms with Crippen molar-refractivity contribution in [2.24, 2.45) is 5.92 Å². The number of ether oxygens (including phenoxy) is 3. The number of aromatic nitrogens is 1. The largest absolute Gasteiger partial charge is 0.493 e. The monoisotopic (exact) mass is 424 g/mol. The molecule has 0 atom stereocenters. The Labute approximate surface area is 169 Å². The smallest absolute Gasteiger partial charge is 0.309 e. The Balaban J connectivity index is 1.56. The summed E-state index contributed by atoms with van der Waals surface area (Å²) in [6, 6.07) is 7.04. The van der Waals surface area contributed by atoms with E-state index in [1.54, 1.807) is 32.4 Å². The molecule has 1 aliphatic heterocycles. The van der Waals surface area contributed by atoms with E-state index in [9.17, 15) is 13.2 Å². The second kappa shape index (κ2) is 8.83. The first-order chi connectivity index (χ1) is 13.8. The quantitative estimate of drug-likeness (QED) is 0.622. The van der Waals surface area contributed by atoms with Crippen LogP contribution >= 0.6 is 0 Å². The number of esters is 1. The summed E-state index contributed by atoms with van der Waals surface area (Å²) in [5.41, 5.74) is 1.23. The molecule has 0 amide bonds. The Bertz CT molecular complexity index is 963. The number of hydrogen-bond acceptors (Lipinski definition) is 8. The summed E-state index contributed by atoms with van der Waals surface area (Å²) in [7, 11) is -0.114. The number of rotatable bonds is 7. The van der Waals surface area contributed by atoms with Crippen LogP contribution in [0.3, 0.4) is 0 Å². The van der Waals surface area contributed by atoms with Gasteiger partial charge in [-0.2, -0.15) is 0 Å². The van der Waals surface area contributed by atoms with Crippen molar-refractivity contribution >= 4 is 16.0 Å². The average molecular weight is 424 g/mol. The summed E-state index contributed by atoms with van der Waals surface area (Å²) >= 11 is 0. The van der Waals surface area contributed by atoms with Crippen molar-refractivity contribution in [3.63, 3.8) is 0 Å². The minimum atomic E-state index is -3.22. The Kier molecular flexibility index (Phi) is 6.43. The predicted octanol–water partition coefficient (Wildman–Crippen LogP) is 2.07. The maximum atomic E-state index is 12.3. The van der Waals surface area contributed by atoms with Crippen molar-refractivity contribution < 1.29 is 31.9 Å². The van der Waals surface area contributed by atoms with Gasteiger partial charge in [0, 0.05) is 24.7 Å². The van der Waals surface area contributed by atoms with Crippen LogP contribution in [0.4, 0.5) is 0 Å². The van der Waals surface area contributed by atoms with E-state index in [-0.39, 0.29) is 18.5 Å². The number of nitrogens with zero attached hydrogens (tertiary/aromatic N) is 2. The Morgan fingerprint density at radius 1 is 1.17 bits per heavy atom. The van der Waals surface area contributed by atoms with Crippen molar-refractivity contribution in [3.8, 4) is 22.8 Å². The van der Waals surface area contributed by atoms with Crippen LogP contribution in [-0.2, 0) is 26.2 Å². The van der Waals surface area contributed by atoms with E-state index >= 15 is 0 Å². The van der Waals surface area contributed by atoms with Crippen molar-refractivity contribution in [1.82, 2.24) is 9.46 Å². The van der Waals surface area contributed by atoms with E-state index in [4.69, 9.17) is 18.7 Å². The van der Waals surface area contributed by atoms with Crippen LogP contribution in [0.5, 0.6) is 11.5 Å². The lowest BCUT2D eigenvalue weighted by Crippen LogP contribution is -2.40. The van der Waals surface area contributed by atoms with Gasteiger partial charge in [0.15, 0.2) is 17.3 Å². The first-order valence-corrected chi connectivity index (χ1v) is 11.0. The predicted molar refractivity (Wildman–Crippen MR) is 104 cm³/mol. The van der Waals surface area contributed by atoms with Gasteiger partial charge in [-0.3, -0.25) is 4.79 Å². The number of methoxy groups -OCH3 is 2. The molecule has 1 aromatic heterocycles. The van der Waals surface area contributed by atoms with E-state index in [0.29, 0.717) is 48.9 Å². The summed E-state index contributed by atoms with van der Waals surface area (Å²) in [5, 5.41) is 3.94. The van der Waals surface area contributed by atoms with E-state index in [1.807, 2.05) is 6.07 Å². The molecule has 158 valence electrons. The Morgan fingerprint density at radius 3 is 2.48 bits per heavy atom. The maximum absolute atomic E-state index is 12.3. The fourth-order valence-electron chi connectivity index (χ4n) is 3.19. The molecule has 3 rings (SSSR count).